The van der Waals surface area contributed by atoms with Crippen LogP contribution in [0, 0.1) is 0 Å². The van der Waals surface area contributed by atoms with Gasteiger partial charge in [0.25, 0.3) is 0 Å². The van der Waals surface area contributed by atoms with Gasteiger partial charge in [0.15, 0.2) is 6.17 Å². The second kappa shape index (κ2) is 4.36. The monoisotopic (exact) mass is 220 g/mol. The molecule has 0 amide bonds. The topological polar surface area (TPSA) is 17.1 Å². The van der Waals surface area contributed by atoms with Crippen molar-refractivity contribution in [3.05, 3.63) is 58.3 Å². The molecule has 0 aliphatic carbocycles. The zero-order valence-corrected chi connectivity index (χ0v) is 8.71. The Labute approximate surface area is 91.2 Å². The summed E-state index contributed by atoms with van der Waals surface area (Å²) in [5, 5.41) is 1.77. The molecule has 2 rings (SSSR count). The van der Waals surface area contributed by atoms with E-state index in [0.717, 1.165) is 0 Å². The van der Waals surface area contributed by atoms with Gasteiger partial charge in [0.2, 0.25) is 5.78 Å². The van der Waals surface area contributed by atoms with Gasteiger partial charge in [-0.25, -0.2) is 4.39 Å². The minimum atomic E-state index is -1.55. The highest BCUT2D eigenvalue weighted by molar-refractivity contribution is 7.12. The molecule has 0 fully saturated rings. The molecule has 3 heteroatoms. The van der Waals surface area contributed by atoms with Gasteiger partial charge in [-0.1, -0.05) is 36.4 Å². The third-order valence-corrected chi connectivity index (χ3v) is 2.97. The first-order valence-electron chi connectivity index (χ1n) is 4.56. The molecule has 0 saturated heterocycles. The Balaban J connectivity index is 2.23. The van der Waals surface area contributed by atoms with Gasteiger partial charge in [-0.05, 0) is 17.0 Å². The quantitative estimate of drug-likeness (QED) is 0.722. The maximum atomic E-state index is 13.7. The van der Waals surface area contributed by atoms with Crippen LogP contribution in [0.25, 0.3) is 0 Å². The third kappa shape index (κ3) is 2.13. The van der Waals surface area contributed by atoms with Crippen molar-refractivity contribution in [1.82, 2.24) is 0 Å². The summed E-state index contributed by atoms with van der Waals surface area (Å²) in [7, 11) is 0. The average molecular weight is 220 g/mol. The molecule has 1 nitrogen and oxygen atoms in total. The highest BCUT2D eigenvalue weighted by atomic mass is 32.1. The molecule has 1 aromatic heterocycles. The number of benzene rings is 1. The zero-order valence-electron chi connectivity index (χ0n) is 7.89. The maximum Gasteiger partial charge on any atom is 0.211 e. The van der Waals surface area contributed by atoms with E-state index in [0.29, 0.717) is 10.4 Å². The van der Waals surface area contributed by atoms with Gasteiger partial charge in [-0.2, -0.15) is 0 Å². The van der Waals surface area contributed by atoms with Crippen molar-refractivity contribution in [1.29, 1.82) is 0 Å². The van der Waals surface area contributed by atoms with Crippen molar-refractivity contribution in [2.24, 2.45) is 0 Å². The Hall–Kier alpha value is -1.48. The van der Waals surface area contributed by atoms with Crippen LogP contribution < -0.4 is 0 Å². The molecule has 0 saturated carbocycles. The largest absolute Gasteiger partial charge is 0.290 e. The molecule has 1 unspecified atom stereocenters. The average Bonchev–Trinajstić information content (AvgIpc) is 2.82. The van der Waals surface area contributed by atoms with Gasteiger partial charge in [0, 0.05) is 0 Å². The van der Waals surface area contributed by atoms with E-state index < -0.39 is 12.0 Å². The van der Waals surface area contributed by atoms with Crippen LogP contribution in [-0.4, -0.2) is 5.78 Å². The van der Waals surface area contributed by atoms with Gasteiger partial charge >= 0.3 is 0 Å². The molecule has 15 heavy (non-hydrogen) atoms. The SMILES string of the molecule is O=C(c1cccs1)C(F)c1ccccc1. The van der Waals surface area contributed by atoms with Crippen molar-refractivity contribution >= 4 is 17.1 Å². The summed E-state index contributed by atoms with van der Waals surface area (Å²) in [6.07, 6.45) is -1.55. The van der Waals surface area contributed by atoms with Crippen molar-refractivity contribution in [2.45, 2.75) is 6.17 Å². The van der Waals surface area contributed by atoms with E-state index in [4.69, 9.17) is 0 Å². The van der Waals surface area contributed by atoms with Crippen LogP contribution in [0.15, 0.2) is 47.8 Å². The van der Waals surface area contributed by atoms with E-state index >= 15 is 0 Å². The van der Waals surface area contributed by atoms with Gasteiger partial charge < -0.3 is 0 Å². The first-order chi connectivity index (χ1) is 7.29. The van der Waals surface area contributed by atoms with Gasteiger partial charge in [-0.15, -0.1) is 11.3 Å². The third-order valence-electron chi connectivity index (χ3n) is 2.09. The number of ketones is 1. The highest BCUT2D eigenvalue weighted by Crippen LogP contribution is 2.24. The number of thiophene rings is 1. The molecule has 0 aliphatic heterocycles. The predicted molar refractivity (Wildman–Crippen MR) is 58.9 cm³/mol. The molecule has 0 bridgehead atoms. The van der Waals surface area contributed by atoms with Crippen molar-refractivity contribution in [3.8, 4) is 0 Å². The number of carbonyl (C=O) groups is 1. The Morgan fingerprint density at radius 3 is 2.47 bits per heavy atom. The lowest BCUT2D eigenvalue weighted by molar-refractivity contribution is 0.0882. The van der Waals surface area contributed by atoms with E-state index in [9.17, 15) is 9.18 Å². The van der Waals surface area contributed by atoms with Crippen LogP contribution in [0.1, 0.15) is 21.4 Å². The summed E-state index contributed by atoms with van der Waals surface area (Å²) in [6, 6.07) is 11.9. The molecule has 76 valence electrons. The number of halogens is 1. The maximum absolute atomic E-state index is 13.7. The summed E-state index contributed by atoms with van der Waals surface area (Å²) in [5.74, 6) is -0.462. The Morgan fingerprint density at radius 1 is 1.13 bits per heavy atom. The van der Waals surface area contributed by atoms with Crippen LogP contribution in [-0.2, 0) is 0 Å². The second-order valence-corrected chi connectivity index (χ2v) is 4.06. The van der Waals surface area contributed by atoms with E-state index in [1.807, 2.05) is 0 Å². The summed E-state index contributed by atoms with van der Waals surface area (Å²) in [4.78, 5) is 12.1. The number of hydrogen-bond acceptors (Lipinski definition) is 2. The molecule has 2 aromatic rings. The van der Waals surface area contributed by atoms with Crippen LogP contribution >= 0.6 is 11.3 Å². The zero-order chi connectivity index (χ0) is 10.7. The van der Waals surface area contributed by atoms with Gasteiger partial charge in [-0.3, -0.25) is 4.79 Å². The van der Waals surface area contributed by atoms with E-state index in [1.54, 1.807) is 47.8 Å². The minimum Gasteiger partial charge on any atom is -0.290 e. The van der Waals surface area contributed by atoms with Crippen LogP contribution in [0.5, 0.6) is 0 Å². The minimum absolute atomic E-state index is 0.413. The van der Waals surface area contributed by atoms with Gasteiger partial charge in [0.1, 0.15) is 0 Å². The van der Waals surface area contributed by atoms with Gasteiger partial charge in [0.05, 0.1) is 4.88 Å². The lowest BCUT2D eigenvalue weighted by Gasteiger charge is -2.05. The molecule has 0 spiro atoms. The van der Waals surface area contributed by atoms with E-state index in [1.165, 1.54) is 11.3 Å². The summed E-state index contributed by atoms with van der Waals surface area (Å²) >= 11 is 1.26. The molecule has 1 heterocycles. The Kier molecular flexibility index (Phi) is 2.92. The molecular weight excluding hydrogens is 211 g/mol. The predicted octanol–water partition coefficient (Wildman–Crippen LogP) is 3.64. The summed E-state index contributed by atoms with van der Waals surface area (Å²) < 4.78 is 13.7. The number of rotatable bonds is 3. The van der Waals surface area contributed by atoms with Crippen molar-refractivity contribution < 1.29 is 9.18 Å². The standard InChI is InChI=1S/C12H9FOS/c13-11(9-5-2-1-3-6-9)12(14)10-7-4-8-15-10/h1-8,11H. The number of hydrogen-bond donors (Lipinski definition) is 0. The van der Waals surface area contributed by atoms with Crippen LogP contribution in [0.2, 0.25) is 0 Å². The normalized spacial score (nSPS) is 12.3. The molecule has 1 aromatic carbocycles. The van der Waals surface area contributed by atoms with Crippen molar-refractivity contribution in [2.75, 3.05) is 0 Å². The fraction of sp³-hybridized carbons (Fsp3) is 0.0833. The summed E-state index contributed by atoms with van der Waals surface area (Å²) in [6.45, 7) is 0. The molecule has 0 aliphatic rings. The second-order valence-electron chi connectivity index (χ2n) is 3.11. The number of alkyl halides is 1. The summed E-state index contributed by atoms with van der Waals surface area (Å²) in [5.41, 5.74) is 0.413. The van der Waals surface area contributed by atoms with Crippen molar-refractivity contribution in [3.63, 3.8) is 0 Å². The highest BCUT2D eigenvalue weighted by Gasteiger charge is 2.21. The number of Topliss-reactive ketones (excluding diaryl/α,β-unsaturated/α-hetero) is 1. The first kappa shape index (κ1) is 10.1. The van der Waals surface area contributed by atoms with E-state index in [-0.39, 0.29) is 0 Å². The Morgan fingerprint density at radius 2 is 1.87 bits per heavy atom. The smallest absolute Gasteiger partial charge is 0.211 e. The van der Waals surface area contributed by atoms with E-state index in [2.05, 4.69) is 0 Å². The molecule has 1 atom stereocenters. The van der Waals surface area contributed by atoms with Crippen LogP contribution in [0.4, 0.5) is 4.39 Å². The number of carbonyl (C=O) groups excluding carboxylic acids is 1. The Bertz CT molecular complexity index is 436. The van der Waals surface area contributed by atoms with Crippen LogP contribution in [0.3, 0.4) is 0 Å². The molecular formula is C12H9FOS. The fourth-order valence-corrected chi connectivity index (χ4v) is 2.00. The lowest BCUT2D eigenvalue weighted by atomic mass is 10.1. The molecule has 0 N–H and O–H groups in total. The first-order valence-corrected chi connectivity index (χ1v) is 5.44. The molecule has 0 radical (unpaired) electrons. The lowest BCUT2D eigenvalue weighted by Crippen LogP contribution is -2.06. The fourth-order valence-electron chi connectivity index (χ4n) is 1.32.